The number of aromatic carboxylic acids is 1. The Labute approximate surface area is 135 Å². The lowest BCUT2D eigenvalue weighted by atomic mass is 9.89. The van der Waals surface area contributed by atoms with Gasteiger partial charge in [-0.3, -0.25) is 0 Å². The maximum absolute atomic E-state index is 12.6. The number of hydrogen-bond donors (Lipinski definition) is 2. The van der Waals surface area contributed by atoms with Gasteiger partial charge in [-0.2, -0.15) is 0 Å². The summed E-state index contributed by atoms with van der Waals surface area (Å²) in [5, 5.41) is 10.6. The van der Waals surface area contributed by atoms with Crippen molar-refractivity contribution in [3.63, 3.8) is 0 Å². The fourth-order valence-electron chi connectivity index (χ4n) is 2.71. The molecule has 0 atom stereocenters. The van der Waals surface area contributed by atoms with Crippen LogP contribution < -0.4 is 5.73 Å². The van der Waals surface area contributed by atoms with E-state index >= 15 is 0 Å². The molecular formula is C18H21NO4. The molecule has 23 heavy (non-hydrogen) atoms. The molecule has 0 saturated carbocycles. The third kappa shape index (κ3) is 3.19. The van der Waals surface area contributed by atoms with E-state index in [9.17, 15) is 14.7 Å². The summed E-state index contributed by atoms with van der Waals surface area (Å²) in [4.78, 5) is 24.3. The molecule has 5 nitrogen and oxygen atoms in total. The molecule has 0 aliphatic carbocycles. The molecule has 0 saturated heterocycles. The fraction of sp³-hybridized carbons (Fsp3) is 0.333. The van der Waals surface area contributed by atoms with E-state index < -0.39 is 17.5 Å². The van der Waals surface area contributed by atoms with Crippen molar-refractivity contribution in [2.24, 2.45) is 5.73 Å². The summed E-state index contributed by atoms with van der Waals surface area (Å²) in [5.41, 5.74) is 6.65. The van der Waals surface area contributed by atoms with E-state index in [2.05, 4.69) is 0 Å². The molecule has 0 radical (unpaired) electrons. The molecule has 0 bridgehead atoms. The Morgan fingerprint density at radius 2 is 1.65 bits per heavy atom. The number of hydrogen-bond acceptors (Lipinski definition) is 4. The molecule has 5 heteroatoms. The van der Waals surface area contributed by atoms with E-state index in [1.165, 1.54) is 0 Å². The number of nitrogens with two attached hydrogens (primary N) is 1. The Balaban J connectivity index is 2.85. The number of benzene rings is 2. The van der Waals surface area contributed by atoms with Gasteiger partial charge in [0.15, 0.2) is 0 Å². The van der Waals surface area contributed by atoms with Gasteiger partial charge in [-0.05, 0) is 49.6 Å². The largest absolute Gasteiger partial charge is 0.478 e. The summed E-state index contributed by atoms with van der Waals surface area (Å²) in [6, 6.07) is 6.92. The second-order valence-corrected chi connectivity index (χ2v) is 6.41. The number of carbonyl (C=O) groups is 2. The van der Waals surface area contributed by atoms with Crippen LogP contribution in [0.4, 0.5) is 0 Å². The Hall–Kier alpha value is -2.40. The van der Waals surface area contributed by atoms with Crippen molar-refractivity contribution < 1.29 is 19.4 Å². The van der Waals surface area contributed by atoms with Crippen molar-refractivity contribution in [1.82, 2.24) is 0 Å². The van der Waals surface area contributed by atoms with Crippen molar-refractivity contribution >= 4 is 22.7 Å². The van der Waals surface area contributed by atoms with Gasteiger partial charge in [-0.25, -0.2) is 9.59 Å². The minimum absolute atomic E-state index is 0.0358. The Morgan fingerprint density at radius 3 is 2.09 bits per heavy atom. The molecule has 122 valence electrons. The van der Waals surface area contributed by atoms with E-state index in [-0.39, 0.29) is 12.1 Å². The molecule has 0 amide bonds. The molecule has 0 spiro atoms. The number of rotatable bonds is 3. The Kier molecular flexibility index (Phi) is 4.43. The number of ether oxygens (including phenoxy) is 1. The normalized spacial score (nSPS) is 11.5. The van der Waals surface area contributed by atoms with E-state index in [1.807, 2.05) is 0 Å². The van der Waals surface area contributed by atoms with Crippen LogP contribution in [0.15, 0.2) is 24.3 Å². The summed E-state index contributed by atoms with van der Waals surface area (Å²) >= 11 is 0. The first-order valence-electron chi connectivity index (χ1n) is 7.38. The molecule has 0 unspecified atom stereocenters. The molecule has 0 aliphatic heterocycles. The van der Waals surface area contributed by atoms with Gasteiger partial charge in [-0.1, -0.05) is 24.3 Å². The van der Waals surface area contributed by atoms with Gasteiger partial charge in [-0.15, -0.1) is 0 Å². The highest BCUT2D eigenvalue weighted by molar-refractivity contribution is 6.13. The fourth-order valence-corrected chi connectivity index (χ4v) is 2.71. The zero-order valence-electron chi connectivity index (χ0n) is 13.8. The second-order valence-electron chi connectivity index (χ2n) is 6.41. The van der Waals surface area contributed by atoms with Crippen molar-refractivity contribution in [3.05, 3.63) is 46.5 Å². The van der Waals surface area contributed by atoms with Crippen LogP contribution in [0, 0.1) is 6.92 Å². The number of carboxylic acids is 1. The highest BCUT2D eigenvalue weighted by Crippen LogP contribution is 2.31. The lowest BCUT2D eigenvalue weighted by Gasteiger charge is -2.22. The third-order valence-corrected chi connectivity index (χ3v) is 3.62. The first-order chi connectivity index (χ1) is 10.7. The van der Waals surface area contributed by atoms with Gasteiger partial charge in [0.25, 0.3) is 0 Å². The van der Waals surface area contributed by atoms with E-state index in [0.717, 1.165) is 0 Å². The summed E-state index contributed by atoms with van der Waals surface area (Å²) < 4.78 is 5.49. The quantitative estimate of drug-likeness (QED) is 0.849. The van der Waals surface area contributed by atoms with Crippen molar-refractivity contribution in [1.29, 1.82) is 0 Å². The van der Waals surface area contributed by atoms with E-state index in [1.54, 1.807) is 52.0 Å². The predicted molar refractivity (Wildman–Crippen MR) is 88.7 cm³/mol. The summed E-state index contributed by atoms with van der Waals surface area (Å²) in [6.45, 7) is 7.11. The number of esters is 1. The van der Waals surface area contributed by atoms with Gasteiger partial charge in [0.1, 0.15) is 5.60 Å². The monoisotopic (exact) mass is 315 g/mol. The van der Waals surface area contributed by atoms with Gasteiger partial charge in [0.2, 0.25) is 0 Å². The Bertz CT molecular complexity index is 788. The molecule has 2 rings (SSSR count). The molecule has 0 aliphatic rings. The zero-order chi connectivity index (χ0) is 17.4. The van der Waals surface area contributed by atoms with Crippen LogP contribution in [0.2, 0.25) is 0 Å². The summed E-state index contributed by atoms with van der Waals surface area (Å²) in [5.74, 6) is -1.53. The number of carbonyl (C=O) groups excluding carboxylic acids is 1. The number of fused-ring (bicyclic) bond motifs is 1. The Morgan fingerprint density at radius 1 is 1.13 bits per heavy atom. The number of carboxylic acid groups (broad SMARTS) is 1. The smallest absolute Gasteiger partial charge is 0.339 e. The lowest BCUT2D eigenvalue weighted by molar-refractivity contribution is 0.00706. The topological polar surface area (TPSA) is 89.6 Å². The third-order valence-electron chi connectivity index (χ3n) is 3.62. The molecule has 0 heterocycles. The van der Waals surface area contributed by atoms with Crippen LogP contribution in [0.25, 0.3) is 10.8 Å². The highest BCUT2D eigenvalue weighted by atomic mass is 16.6. The molecule has 2 aromatic carbocycles. The molecule has 3 N–H and O–H groups in total. The summed E-state index contributed by atoms with van der Waals surface area (Å²) in [7, 11) is 0. The zero-order valence-corrected chi connectivity index (χ0v) is 13.8. The SMILES string of the molecule is Cc1c(CN)c(C(=O)O)c2ccccc2c1C(=O)OC(C)(C)C. The van der Waals surface area contributed by atoms with Crippen LogP contribution in [0.3, 0.4) is 0 Å². The van der Waals surface area contributed by atoms with Crippen LogP contribution in [-0.4, -0.2) is 22.6 Å². The van der Waals surface area contributed by atoms with Crippen molar-refractivity contribution in [2.75, 3.05) is 0 Å². The standard InChI is InChI=1S/C18H21NO4/c1-10-13(9-19)15(16(20)21)12-8-6-5-7-11(12)14(10)17(22)23-18(2,3)4/h5-8H,9,19H2,1-4H3,(H,20,21). The molecule has 0 fully saturated rings. The van der Waals surface area contributed by atoms with E-state index in [0.29, 0.717) is 27.5 Å². The van der Waals surface area contributed by atoms with Crippen LogP contribution >= 0.6 is 0 Å². The van der Waals surface area contributed by atoms with Gasteiger partial charge < -0.3 is 15.6 Å². The summed E-state index contributed by atoms with van der Waals surface area (Å²) in [6.07, 6.45) is 0. The van der Waals surface area contributed by atoms with Crippen LogP contribution in [-0.2, 0) is 11.3 Å². The second kappa shape index (κ2) is 6.01. The van der Waals surface area contributed by atoms with Crippen LogP contribution in [0.5, 0.6) is 0 Å². The van der Waals surface area contributed by atoms with Crippen molar-refractivity contribution in [3.8, 4) is 0 Å². The van der Waals surface area contributed by atoms with Crippen molar-refractivity contribution in [2.45, 2.75) is 39.8 Å². The van der Waals surface area contributed by atoms with Gasteiger partial charge >= 0.3 is 11.9 Å². The minimum atomic E-state index is -1.06. The predicted octanol–water partition coefficient (Wildman–Crippen LogP) is 3.26. The van der Waals surface area contributed by atoms with Crippen LogP contribution in [0.1, 0.15) is 52.6 Å². The van der Waals surface area contributed by atoms with Gasteiger partial charge in [0, 0.05) is 6.54 Å². The first-order valence-corrected chi connectivity index (χ1v) is 7.38. The molecular weight excluding hydrogens is 294 g/mol. The highest BCUT2D eigenvalue weighted by Gasteiger charge is 2.26. The molecule has 0 aromatic heterocycles. The molecule has 2 aromatic rings. The average molecular weight is 315 g/mol. The maximum atomic E-state index is 12.6. The maximum Gasteiger partial charge on any atom is 0.339 e. The lowest BCUT2D eigenvalue weighted by Crippen LogP contribution is -2.25. The minimum Gasteiger partial charge on any atom is -0.478 e. The first kappa shape index (κ1) is 17.0. The van der Waals surface area contributed by atoms with Gasteiger partial charge in [0.05, 0.1) is 11.1 Å². The average Bonchev–Trinajstić information content (AvgIpc) is 2.43. The van der Waals surface area contributed by atoms with E-state index in [4.69, 9.17) is 10.5 Å².